The van der Waals surface area contributed by atoms with Crippen LogP contribution in [-0.4, -0.2) is 34.9 Å². The number of carbonyl (C=O) groups excluding carboxylic acids is 2. The highest BCUT2D eigenvalue weighted by atomic mass is 16.2. The SMILES string of the molecule is N#C[C@H](C(=O)NCc1ccccc1)c1nc2ccccc2nc1N1CCC(C(N)=O)CC1. The van der Waals surface area contributed by atoms with E-state index >= 15 is 0 Å². The minimum Gasteiger partial charge on any atom is -0.369 e. The van der Waals surface area contributed by atoms with Crippen LogP contribution in [0.2, 0.25) is 0 Å². The molecule has 2 aromatic carbocycles. The van der Waals surface area contributed by atoms with E-state index in [1.165, 1.54) is 0 Å². The number of nitriles is 1. The van der Waals surface area contributed by atoms with Gasteiger partial charge in [-0.1, -0.05) is 42.5 Å². The number of rotatable bonds is 6. The summed E-state index contributed by atoms with van der Waals surface area (Å²) >= 11 is 0. The average Bonchev–Trinajstić information content (AvgIpc) is 2.83. The molecule has 1 aliphatic heterocycles. The minimum absolute atomic E-state index is 0.177. The molecule has 4 rings (SSSR count). The molecule has 1 aromatic heterocycles. The maximum atomic E-state index is 13.0. The second-order valence-corrected chi connectivity index (χ2v) is 7.85. The summed E-state index contributed by atoms with van der Waals surface area (Å²) in [6.45, 7) is 1.42. The number of nitrogens with zero attached hydrogens (tertiary/aromatic N) is 4. The third kappa shape index (κ3) is 4.52. The lowest BCUT2D eigenvalue weighted by atomic mass is 9.95. The van der Waals surface area contributed by atoms with Gasteiger partial charge in [-0.3, -0.25) is 9.59 Å². The van der Waals surface area contributed by atoms with E-state index in [0.717, 1.165) is 5.56 Å². The van der Waals surface area contributed by atoms with Crippen molar-refractivity contribution in [2.45, 2.75) is 25.3 Å². The Morgan fingerprint density at radius 3 is 2.31 bits per heavy atom. The van der Waals surface area contributed by atoms with Crippen LogP contribution < -0.4 is 16.0 Å². The minimum atomic E-state index is -1.11. The molecule has 1 atom stereocenters. The molecule has 3 N–H and O–H groups in total. The van der Waals surface area contributed by atoms with Crippen LogP contribution >= 0.6 is 0 Å². The van der Waals surface area contributed by atoms with Gasteiger partial charge in [0.15, 0.2) is 11.7 Å². The standard InChI is InChI=1S/C24H24N6O2/c25-14-18(24(32)27-15-16-6-2-1-3-7-16)21-23(29-20-9-5-4-8-19(20)28-21)30-12-10-17(11-13-30)22(26)31/h1-9,17-18H,10-13,15H2,(H2,26,31)(H,27,32)/t18-/m0/s1. The number of fused-ring (bicyclic) bond motifs is 1. The van der Waals surface area contributed by atoms with E-state index in [4.69, 9.17) is 10.7 Å². The molecule has 0 saturated carbocycles. The molecule has 0 bridgehead atoms. The summed E-state index contributed by atoms with van der Waals surface area (Å²) in [4.78, 5) is 35.9. The number of piperidine rings is 1. The molecule has 8 heteroatoms. The molecular weight excluding hydrogens is 404 g/mol. The predicted molar refractivity (Wildman–Crippen MR) is 120 cm³/mol. The number of nitrogens with two attached hydrogens (primary N) is 1. The van der Waals surface area contributed by atoms with Crippen LogP contribution in [0.3, 0.4) is 0 Å². The number of hydrogen-bond acceptors (Lipinski definition) is 6. The first-order chi connectivity index (χ1) is 15.6. The van der Waals surface area contributed by atoms with Crippen molar-refractivity contribution in [3.8, 4) is 6.07 Å². The summed E-state index contributed by atoms with van der Waals surface area (Å²) in [7, 11) is 0. The number of amides is 2. The van der Waals surface area contributed by atoms with Gasteiger partial charge in [-0.05, 0) is 30.5 Å². The Labute approximate surface area is 186 Å². The molecule has 1 saturated heterocycles. The summed E-state index contributed by atoms with van der Waals surface area (Å²) in [5.41, 5.74) is 8.04. The molecule has 0 aliphatic carbocycles. The molecule has 0 spiro atoms. The number of carbonyl (C=O) groups is 2. The summed E-state index contributed by atoms with van der Waals surface area (Å²) in [5, 5.41) is 12.7. The highest BCUT2D eigenvalue weighted by Gasteiger charge is 2.31. The summed E-state index contributed by atoms with van der Waals surface area (Å²) in [5.74, 6) is -1.50. The van der Waals surface area contributed by atoms with Crippen molar-refractivity contribution in [2.24, 2.45) is 11.7 Å². The quantitative estimate of drug-likeness (QED) is 0.620. The molecule has 2 amide bonds. The van der Waals surface area contributed by atoms with E-state index in [2.05, 4.69) is 16.4 Å². The first-order valence-electron chi connectivity index (χ1n) is 10.6. The molecule has 1 aliphatic rings. The third-order valence-electron chi connectivity index (χ3n) is 5.75. The Bertz CT molecular complexity index is 1170. The molecule has 8 nitrogen and oxygen atoms in total. The second kappa shape index (κ2) is 9.43. The normalized spacial score (nSPS) is 15.2. The van der Waals surface area contributed by atoms with Crippen molar-refractivity contribution in [1.29, 1.82) is 5.26 Å². The zero-order chi connectivity index (χ0) is 22.5. The molecule has 3 aromatic rings. The highest BCUT2D eigenvalue weighted by Crippen LogP contribution is 2.30. The highest BCUT2D eigenvalue weighted by molar-refractivity contribution is 5.89. The lowest BCUT2D eigenvalue weighted by Crippen LogP contribution is -2.40. The molecule has 1 fully saturated rings. The van der Waals surface area contributed by atoms with Crippen LogP contribution in [0.1, 0.15) is 30.0 Å². The van der Waals surface area contributed by atoms with Crippen molar-refractivity contribution in [1.82, 2.24) is 15.3 Å². The average molecular weight is 428 g/mol. The van der Waals surface area contributed by atoms with Gasteiger partial charge in [0.05, 0.1) is 17.1 Å². The van der Waals surface area contributed by atoms with E-state index in [1.807, 2.05) is 59.5 Å². The number of nitrogens with one attached hydrogen (secondary N) is 1. The fourth-order valence-corrected chi connectivity index (χ4v) is 3.94. The number of aromatic nitrogens is 2. The van der Waals surface area contributed by atoms with E-state index in [0.29, 0.717) is 55.0 Å². The first kappa shape index (κ1) is 21.2. The van der Waals surface area contributed by atoms with Crippen molar-refractivity contribution in [3.63, 3.8) is 0 Å². The van der Waals surface area contributed by atoms with E-state index in [-0.39, 0.29) is 11.8 Å². The summed E-state index contributed by atoms with van der Waals surface area (Å²) < 4.78 is 0. The molecule has 0 unspecified atom stereocenters. The molecule has 0 radical (unpaired) electrons. The maximum Gasteiger partial charge on any atom is 0.243 e. The Morgan fingerprint density at radius 2 is 1.69 bits per heavy atom. The summed E-state index contributed by atoms with van der Waals surface area (Å²) in [6, 6.07) is 19.0. The third-order valence-corrected chi connectivity index (χ3v) is 5.75. The smallest absolute Gasteiger partial charge is 0.243 e. The van der Waals surface area contributed by atoms with Gasteiger partial charge in [0.25, 0.3) is 0 Å². The lowest BCUT2D eigenvalue weighted by molar-refractivity contribution is -0.122. The van der Waals surface area contributed by atoms with Gasteiger partial charge >= 0.3 is 0 Å². The zero-order valence-electron chi connectivity index (χ0n) is 17.6. The fraction of sp³-hybridized carbons (Fsp3) is 0.292. The fourth-order valence-electron chi connectivity index (χ4n) is 3.94. The molecule has 2 heterocycles. The maximum absolute atomic E-state index is 13.0. The number of primary amides is 1. The van der Waals surface area contributed by atoms with Crippen molar-refractivity contribution < 1.29 is 9.59 Å². The van der Waals surface area contributed by atoms with Crippen molar-refractivity contribution in [3.05, 3.63) is 65.9 Å². The van der Waals surface area contributed by atoms with Crippen LogP contribution in [-0.2, 0) is 16.1 Å². The number of anilines is 1. The van der Waals surface area contributed by atoms with Gasteiger partial charge in [0.1, 0.15) is 5.69 Å². The topological polar surface area (TPSA) is 125 Å². The van der Waals surface area contributed by atoms with E-state index in [9.17, 15) is 14.9 Å². The van der Waals surface area contributed by atoms with Crippen LogP contribution in [0.5, 0.6) is 0 Å². The number of hydrogen-bond donors (Lipinski definition) is 2. The molecule has 162 valence electrons. The largest absolute Gasteiger partial charge is 0.369 e. The van der Waals surface area contributed by atoms with Gasteiger partial charge < -0.3 is 16.0 Å². The monoisotopic (exact) mass is 428 g/mol. The Hall–Kier alpha value is -3.99. The molecular formula is C24H24N6O2. The Kier molecular flexibility index (Phi) is 6.26. The van der Waals surface area contributed by atoms with E-state index in [1.54, 1.807) is 0 Å². The summed E-state index contributed by atoms with van der Waals surface area (Å²) in [6.07, 6.45) is 1.20. The van der Waals surface area contributed by atoms with Crippen LogP contribution in [0.25, 0.3) is 11.0 Å². The molecule has 32 heavy (non-hydrogen) atoms. The van der Waals surface area contributed by atoms with Crippen LogP contribution in [0.15, 0.2) is 54.6 Å². The van der Waals surface area contributed by atoms with E-state index < -0.39 is 11.8 Å². The van der Waals surface area contributed by atoms with Gasteiger partial charge in [-0.15, -0.1) is 0 Å². The Morgan fingerprint density at radius 1 is 1.06 bits per heavy atom. The van der Waals surface area contributed by atoms with Gasteiger partial charge in [-0.25, -0.2) is 9.97 Å². The number of para-hydroxylation sites is 2. The van der Waals surface area contributed by atoms with Crippen molar-refractivity contribution >= 4 is 28.7 Å². The Balaban J connectivity index is 1.64. The van der Waals surface area contributed by atoms with Gasteiger partial charge in [-0.2, -0.15) is 5.26 Å². The van der Waals surface area contributed by atoms with Crippen molar-refractivity contribution in [2.75, 3.05) is 18.0 Å². The first-order valence-corrected chi connectivity index (χ1v) is 10.6. The second-order valence-electron chi connectivity index (χ2n) is 7.85. The van der Waals surface area contributed by atoms with Gasteiger partial charge in [0, 0.05) is 25.6 Å². The van der Waals surface area contributed by atoms with Crippen LogP contribution in [0, 0.1) is 17.2 Å². The lowest BCUT2D eigenvalue weighted by Gasteiger charge is -2.32. The predicted octanol–water partition coefficient (Wildman–Crippen LogP) is 2.26. The zero-order valence-corrected chi connectivity index (χ0v) is 17.6. The van der Waals surface area contributed by atoms with Gasteiger partial charge in [0.2, 0.25) is 11.8 Å². The number of benzene rings is 2. The van der Waals surface area contributed by atoms with Crippen LogP contribution in [0.4, 0.5) is 5.82 Å².